The maximum atomic E-state index is 12.4. The highest BCUT2D eigenvalue weighted by atomic mass is 16.5. The van der Waals surface area contributed by atoms with Crippen molar-refractivity contribution >= 4 is 34.5 Å². The van der Waals surface area contributed by atoms with E-state index in [2.05, 4.69) is 20.5 Å². The van der Waals surface area contributed by atoms with Gasteiger partial charge in [-0.2, -0.15) is 5.10 Å². The monoisotopic (exact) mass is 402 g/mol. The van der Waals surface area contributed by atoms with Crippen LogP contribution in [0.15, 0.2) is 60.8 Å². The molecule has 0 atom stereocenters. The summed E-state index contributed by atoms with van der Waals surface area (Å²) in [4.78, 5) is 27.4. The number of fused-ring (bicyclic) bond motifs is 1. The molecule has 0 aliphatic heterocycles. The number of primary amides is 1. The highest BCUT2D eigenvalue weighted by Gasteiger charge is 2.09. The largest absolute Gasteiger partial charge is 0.411 e. The SMILES string of the molecule is NC(=O)Oc1ccc(CC(=O)Nc2cc(-c3ccc4[nH]nc(N)c4c3)ccn2)cc1. The van der Waals surface area contributed by atoms with E-state index in [-0.39, 0.29) is 12.3 Å². The summed E-state index contributed by atoms with van der Waals surface area (Å²) in [6.07, 6.45) is 0.880. The first kappa shape index (κ1) is 18.9. The van der Waals surface area contributed by atoms with Crippen LogP contribution in [0, 0.1) is 0 Å². The molecule has 9 heteroatoms. The van der Waals surface area contributed by atoms with Crippen LogP contribution in [0.2, 0.25) is 0 Å². The average molecular weight is 402 g/mol. The Hall–Kier alpha value is -4.40. The number of amides is 2. The number of nitrogens with two attached hydrogens (primary N) is 2. The molecule has 2 aromatic carbocycles. The Bertz CT molecular complexity index is 1230. The van der Waals surface area contributed by atoms with Crippen molar-refractivity contribution in [3.63, 3.8) is 0 Å². The Morgan fingerprint density at radius 3 is 2.57 bits per heavy atom. The molecule has 0 bridgehead atoms. The van der Waals surface area contributed by atoms with Crippen LogP contribution >= 0.6 is 0 Å². The lowest BCUT2D eigenvalue weighted by atomic mass is 10.0. The first-order chi connectivity index (χ1) is 14.5. The van der Waals surface area contributed by atoms with Gasteiger partial charge in [-0.1, -0.05) is 18.2 Å². The van der Waals surface area contributed by atoms with Gasteiger partial charge in [-0.25, -0.2) is 9.78 Å². The number of pyridine rings is 1. The molecule has 0 spiro atoms. The summed E-state index contributed by atoms with van der Waals surface area (Å²) in [5, 5.41) is 10.5. The molecule has 9 nitrogen and oxygen atoms in total. The van der Waals surface area contributed by atoms with E-state index in [1.807, 2.05) is 24.3 Å². The quantitative estimate of drug-likeness (QED) is 0.403. The molecule has 4 rings (SSSR count). The highest BCUT2D eigenvalue weighted by Crippen LogP contribution is 2.27. The van der Waals surface area contributed by atoms with Gasteiger partial charge < -0.3 is 21.5 Å². The smallest absolute Gasteiger partial charge is 0.409 e. The lowest BCUT2D eigenvalue weighted by Gasteiger charge is -2.08. The Morgan fingerprint density at radius 1 is 1.03 bits per heavy atom. The maximum Gasteiger partial charge on any atom is 0.409 e. The number of H-pyrrole nitrogens is 1. The minimum atomic E-state index is -0.888. The lowest BCUT2D eigenvalue weighted by Crippen LogP contribution is -2.16. The van der Waals surface area contributed by atoms with Crippen molar-refractivity contribution in [3.8, 4) is 16.9 Å². The third-order valence-electron chi connectivity index (χ3n) is 4.46. The molecule has 2 aromatic heterocycles. The van der Waals surface area contributed by atoms with Crippen LogP contribution in [0.25, 0.3) is 22.0 Å². The second-order valence-corrected chi connectivity index (χ2v) is 6.59. The van der Waals surface area contributed by atoms with E-state index in [1.165, 1.54) is 0 Å². The number of nitrogens with one attached hydrogen (secondary N) is 2. The molecule has 150 valence electrons. The lowest BCUT2D eigenvalue weighted by molar-refractivity contribution is -0.115. The summed E-state index contributed by atoms with van der Waals surface area (Å²) < 4.78 is 4.77. The Balaban J connectivity index is 1.46. The molecule has 2 amide bonds. The molecule has 6 N–H and O–H groups in total. The number of nitrogen functional groups attached to an aromatic ring is 1. The van der Waals surface area contributed by atoms with Gasteiger partial charge in [-0.3, -0.25) is 9.89 Å². The van der Waals surface area contributed by atoms with Crippen LogP contribution in [0.3, 0.4) is 0 Å². The van der Waals surface area contributed by atoms with Gasteiger partial charge >= 0.3 is 6.09 Å². The van der Waals surface area contributed by atoms with Crippen molar-refractivity contribution in [1.29, 1.82) is 0 Å². The number of hydrogen-bond donors (Lipinski definition) is 4. The summed E-state index contributed by atoms with van der Waals surface area (Å²) in [6, 6.07) is 15.9. The summed E-state index contributed by atoms with van der Waals surface area (Å²) in [5.74, 6) is 0.960. The molecule has 0 aliphatic carbocycles. The van der Waals surface area contributed by atoms with Gasteiger partial charge in [0.05, 0.1) is 11.9 Å². The van der Waals surface area contributed by atoms with Crippen LogP contribution < -0.4 is 21.5 Å². The topological polar surface area (TPSA) is 149 Å². The van der Waals surface area contributed by atoms with Gasteiger partial charge in [0, 0.05) is 11.6 Å². The number of aromatic amines is 1. The van der Waals surface area contributed by atoms with E-state index < -0.39 is 6.09 Å². The number of ether oxygens (including phenoxy) is 1. The van der Waals surface area contributed by atoms with Crippen molar-refractivity contribution in [1.82, 2.24) is 15.2 Å². The Labute approximate surface area is 171 Å². The van der Waals surface area contributed by atoms with Crippen molar-refractivity contribution in [3.05, 3.63) is 66.4 Å². The summed E-state index contributed by atoms with van der Waals surface area (Å²) in [7, 11) is 0. The normalized spacial score (nSPS) is 10.7. The molecule has 0 unspecified atom stereocenters. The Kier molecular flexibility index (Phi) is 5.00. The fourth-order valence-electron chi connectivity index (χ4n) is 3.06. The number of hydrogen-bond acceptors (Lipinski definition) is 6. The van der Waals surface area contributed by atoms with E-state index in [0.29, 0.717) is 17.4 Å². The van der Waals surface area contributed by atoms with Crippen molar-refractivity contribution in [2.24, 2.45) is 5.73 Å². The summed E-state index contributed by atoms with van der Waals surface area (Å²) in [6.45, 7) is 0. The predicted octanol–water partition coefficient (Wildman–Crippen LogP) is 2.85. The van der Waals surface area contributed by atoms with Crippen LogP contribution in [-0.4, -0.2) is 27.2 Å². The van der Waals surface area contributed by atoms with Gasteiger partial charge in [0.15, 0.2) is 5.82 Å². The molecular weight excluding hydrogens is 384 g/mol. The van der Waals surface area contributed by atoms with E-state index in [4.69, 9.17) is 16.2 Å². The van der Waals surface area contributed by atoms with Crippen LogP contribution in [-0.2, 0) is 11.2 Å². The second kappa shape index (κ2) is 7.92. The second-order valence-electron chi connectivity index (χ2n) is 6.59. The average Bonchev–Trinajstić information content (AvgIpc) is 3.09. The zero-order chi connectivity index (χ0) is 21.1. The van der Waals surface area contributed by atoms with Crippen molar-refractivity contribution < 1.29 is 14.3 Å². The molecule has 4 aromatic rings. The van der Waals surface area contributed by atoms with Crippen LogP contribution in [0.1, 0.15) is 5.56 Å². The number of aromatic nitrogens is 3. The molecule has 0 radical (unpaired) electrons. The van der Waals surface area contributed by atoms with Crippen LogP contribution in [0.5, 0.6) is 5.75 Å². The highest BCUT2D eigenvalue weighted by molar-refractivity contribution is 5.94. The zero-order valence-electron chi connectivity index (χ0n) is 15.8. The van der Waals surface area contributed by atoms with Gasteiger partial charge in [-0.15, -0.1) is 0 Å². The first-order valence-corrected chi connectivity index (χ1v) is 9.04. The maximum absolute atomic E-state index is 12.4. The molecular formula is C21H18N6O3. The summed E-state index contributed by atoms with van der Waals surface area (Å²) in [5.41, 5.74) is 14.3. The number of nitrogens with zero attached hydrogens (tertiary/aromatic N) is 2. The van der Waals surface area contributed by atoms with Crippen LogP contribution in [0.4, 0.5) is 16.4 Å². The molecule has 30 heavy (non-hydrogen) atoms. The minimum absolute atomic E-state index is 0.139. The summed E-state index contributed by atoms with van der Waals surface area (Å²) >= 11 is 0. The standard InChI is InChI=1S/C21H18N6O3/c22-20-16-10-13(3-6-17(16)26-27-20)14-7-8-24-18(11-14)25-19(28)9-12-1-4-15(5-2-12)30-21(23)29/h1-8,10-11H,9H2,(H2,23,29)(H3,22,26,27)(H,24,25,28). The van der Waals surface area contributed by atoms with E-state index in [9.17, 15) is 9.59 Å². The molecule has 0 fully saturated rings. The van der Waals surface area contributed by atoms with E-state index in [1.54, 1.807) is 36.5 Å². The zero-order valence-corrected chi connectivity index (χ0v) is 15.8. The minimum Gasteiger partial charge on any atom is -0.411 e. The number of anilines is 2. The van der Waals surface area contributed by atoms with Gasteiger partial charge in [-0.05, 0) is 53.1 Å². The van der Waals surface area contributed by atoms with E-state index in [0.717, 1.165) is 27.6 Å². The van der Waals surface area contributed by atoms with Gasteiger partial charge in [0.2, 0.25) is 5.91 Å². The molecule has 2 heterocycles. The Morgan fingerprint density at radius 2 is 1.80 bits per heavy atom. The third-order valence-corrected chi connectivity index (χ3v) is 4.46. The number of rotatable bonds is 5. The number of carbonyl (C=O) groups is 2. The molecule has 0 saturated heterocycles. The fourth-order valence-corrected chi connectivity index (χ4v) is 3.06. The van der Waals surface area contributed by atoms with Crippen molar-refractivity contribution in [2.75, 3.05) is 11.1 Å². The molecule has 0 aliphatic rings. The first-order valence-electron chi connectivity index (χ1n) is 9.04. The predicted molar refractivity (Wildman–Crippen MR) is 113 cm³/mol. The third kappa shape index (κ3) is 4.20. The van der Waals surface area contributed by atoms with Gasteiger partial charge in [0.1, 0.15) is 11.6 Å². The number of benzene rings is 2. The van der Waals surface area contributed by atoms with E-state index >= 15 is 0 Å². The van der Waals surface area contributed by atoms with Crippen molar-refractivity contribution in [2.45, 2.75) is 6.42 Å². The fraction of sp³-hybridized carbons (Fsp3) is 0.0476. The number of carbonyl (C=O) groups excluding carboxylic acids is 2. The molecule has 0 saturated carbocycles. The van der Waals surface area contributed by atoms with Gasteiger partial charge in [0.25, 0.3) is 0 Å².